The third-order valence-corrected chi connectivity index (χ3v) is 5.43. The fourth-order valence-electron chi connectivity index (χ4n) is 3.98. The summed E-state index contributed by atoms with van der Waals surface area (Å²) in [4.78, 5) is 25.9. The summed E-state index contributed by atoms with van der Waals surface area (Å²) in [6.45, 7) is 4.87. The predicted molar refractivity (Wildman–Crippen MR) is 65.9 cm³/mol. The lowest BCUT2D eigenvalue weighted by Gasteiger charge is -2.29. The number of aliphatic carboxylic acids is 1. The van der Waals surface area contributed by atoms with Crippen LogP contribution in [0.2, 0.25) is 0 Å². The molecule has 2 saturated carbocycles. The summed E-state index contributed by atoms with van der Waals surface area (Å²) in [7, 11) is 0. The molecule has 1 saturated heterocycles. The van der Waals surface area contributed by atoms with Gasteiger partial charge in [-0.1, -0.05) is 20.3 Å². The molecule has 3 atom stereocenters. The molecule has 4 nitrogen and oxygen atoms in total. The maximum absolute atomic E-state index is 12.5. The zero-order valence-electron chi connectivity index (χ0n) is 11.1. The van der Waals surface area contributed by atoms with Gasteiger partial charge < -0.3 is 10.0 Å². The molecular weight excluding hydrogens is 230 g/mol. The lowest BCUT2D eigenvalue weighted by Crippen LogP contribution is -2.44. The van der Waals surface area contributed by atoms with Crippen molar-refractivity contribution in [3.8, 4) is 0 Å². The van der Waals surface area contributed by atoms with Crippen molar-refractivity contribution in [3.05, 3.63) is 0 Å². The second kappa shape index (κ2) is 3.49. The number of carbonyl (C=O) groups is 2. The molecule has 3 rings (SSSR count). The van der Waals surface area contributed by atoms with Gasteiger partial charge in [-0.05, 0) is 31.1 Å². The summed E-state index contributed by atoms with van der Waals surface area (Å²) >= 11 is 0. The fraction of sp³-hybridized carbons (Fsp3) is 0.857. The van der Waals surface area contributed by atoms with Gasteiger partial charge in [-0.25, -0.2) is 0 Å². The molecule has 0 spiro atoms. The summed E-state index contributed by atoms with van der Waals surface area (Å²) in [6, 6.07) is -0.0427. The van der Waals surface area contributed by atoms with Crippen LogP contribution in [0.4, 0.5) is 0 Å². The second-order valence-electron chi connectivity index (χ2n) is 6.90. The minimum atomic E-state index is -0.699. The molecule has 18 heavy (non-hydrogen) atoms. The van der Waals surface area contributed by atoms with Crippen LogP contribution >= 0.6 is 0 Å². The molecule has 100 valence electrons. The third-order valence-electron chi connectivity index (χ3n) is 5.43. The van der Waals surface area contributed by atoms with E-state index in [1.54, 1.807) is 0 Å². The monoisotopic (exact) mass is 251 g/mol. The minimum Gasteiger partial charge on any atom is -0.481 e. The maximum atomic E-state index is 12.5. The number of hydrogen-bond donors (Lipinski definition) is 1. The van der Waals surface area contributed by atoms with Gasteiger partial charge >= 0.3 is 5.97 Å². The van der Waals surface area contributed by atoms with Crippen molar-refractivity contribution in [3.63, 3.8) is 0 Å². The van der Waals surface area contributed by atoms with Crippen LogP contribution in [0.15, 0.2) is 0 Å². The second-order valence-corrected chi connectivity index (χ2v) is 6.90. The highest BCUT2D eigenvalue weighted by Crippen LogP contribution is 2.55. The van der Waals surface area contributed by atoms with Crippen molar-refractivity contribution in [2.75, 3.05) is 6.54 Å². The molecule has 0 radical (unpaired) electrons. The van der Waals surface area contributed by atoms with E-state index in [1.165, 1.54) is 0 Å². The Morgan fingerprint density at radius 2 is 1.94 bits per heavy atom. The number of amides is 1. The van der Waals surface area contributed by atoms with E-state index in [2.05, 4.69) is 13.8 Å². The smallest absolute Gasteiger partial charge is 0.311 e. The highest BCUT2D eigenvalue weighted by Gasteiger charge is 2.60. The quantitative estimate of drug-likeness (QED) is 0.815. The number of nitrogens with zero attached hydrogens (tertiary/aromatic N) is 1. The number of carboxylic acids is 1. The number of carboxylic acid groups (broad SMARTS) is 1. The molecule has 3 aliphatic rings. The van der Waals surface area contributed by atoms with Crippen LogP contribution in [-0.4, -0.2) is 34.5 Å². The van der Waals surface area contributed by atoms with Crippen LogP contribution in [0.3, 0.4) is 0 Å². The van der Waals surface area contributed by atoms with Crippen molar-refractivity contribution in [2.24, 2.45) is 16.7 Å². The Labute approximate surface area is 107 Å². The van der Waals surface area contributed by atoms with Crippen LogP contribution in [-0.2, 0) is 9.59 Å². The normalized spacial score (nSPS) is 40.7. The molecule has 0 aromatic carbocycles. The van der Waals surface area contributed by atoms with E-state index >= 15 is 0 Å². The molecule has 0 aromatic rings. The van der Waals surface area contributed by atoms with Gasteiger partial charge in [-0.3, -0.25) is 9.59 Å². The molecule has 3 fully saturated rings. The Morgan fingerprint density at radius 3 is 2.50 bits per heavy atom. The molecule has 1 N–H and O–H groups in total. The van der Waals surface area contributed by atoms with E-state index < -0.39 is 11.4 Å². The van der Waals surface area contributed by atoms with Gasteiger partial charge in [0.1, 0.15) is 0 Å². The van der Waals surface area contributed by atoms with E-state index in [9.17, 15) is 14.7 Å². The molecule has 4 heteroatoms. The van der Waals surface area contributed by atoms with Crippen LogP contribution in [0.5, 0.6) is 0 Å². The molecular formula is C14H21NO3. The lowest BCUT2D eigenvalue weighted by atomic mass is 9.82. The Hall–Kier alpha value is -1.06. The zero-order valence-corrected chi connectivity index (χ0v) is 11.1. The van der Waals surface area contributed by atoms with Gasteiger partial charge in [0.25, 0.3) is 0 Å². The molecule has 0 unspecified atom stereocenters. The summed E-state index contributed by atoms with van der Waals surface area (Å²) in [5.41, 5.74) is -0.501. The Balaban J connectivity index is 1.80. The topological polar surface area (TPSA) is 57.6 Å². The summed E-state index contributed by atoms with van der Waals surface area (Å²) < 4.78 is 0. The first-order valence-electron chi connectivity index (χ1n) is 6.92. The first-order chi connectivity index (χ1) is 8.38. The van der Waals surface area contributed by atoms with Gasteiger partial charge in [-0.2, -0.15) is 0 Å². The highest BCUT2D eigenvalue weighted by atomic mass is 16.4. The zero-order chi connectivity index (χ0) is 13.1. The van der Waals surface area contributed by atoms with E-state index in [0.29, 0.717) is 13.0 Å². The van der Waals surface area contributed by atoms with Crippen molar-refractivity contribution < 1.29 is 14.7 Å². The molecule has 1 amide bonds. The number of rotatable bonds is 2. The first-order valence-corrected chi connectivity index (χ1v) is 6.92. The molecule has 2 aliphatic carbocycles. The molecule has 1 heterocycles. The van der Waals surface area contributed by atoms with Crippen LogP contribution < -0.4 is 0 Å². The van der Waals surface area contributed by atoms with Gasteiger partial charge in [0.2, 0.25) is 5.91 Å². The average molecular weight is 251 g/mol. The van der Waals surface area contributed by atoms with Gasteiger partial charge in [0.15, 0.2) is 0 Å². The lowest BCUT2D eigenvalue weighted by molar-refractivity contribution is -0.150. The van der Waals surface area contributed by atoms with Gasteiger partial charge in [0, 0.05) is 18.5 Å². The van der Waals surface area contributed by atoms with Crippen molar-refractivity contribution >= 4 is 11.9 Å². The average Bonchev–Trinajstić information content (AvgIpc) is 2.65. The fourth-order valence-corrected chi connectivity index (χ4v) is 3.98. The van der Waals surface area contributed by atoms with Crippen LogP contribution in [0, 0.1) is 16.7 Å². The Morgan fingerprint density at radius 1 is 1.28 bits per heavy atom. The van der Waals surface area contributed by atoms with E-state index in [-0.39, 0.29) is 23.3 Å². The number of fused-ring (bicyclic) bond motifs is 1. The minimum absolute atomic E-state index is 0.0427. The standard InChI is InChI=1S/C14H21NO3/c1-13(2)8-9(13)11(16)15-7-6-14(12(17)18)5-3-4-10(14)15/h9-10H,3-8H2,1-2H3,(H,17,18)/t9-,10+,14-/m0/s1. The number of hydrogen-bond acceptors (Lipinski definition) is 2. The third kappa shape index (κ3) is 1.44. The largest absolute Gasteiger partial charge is 0.481 e. The maximum Gasteiger partial charge on any atom is 0.311 e. The van der Waals surface area contributed by atoms with Crippen LogP contribution in [0.1, 0.15) is 46.0 Å². The van der Waals surface area contributed by atoms with E-state index in [0.717, 1.165) is 25.7 Å². The SMILES string of the molecule is CC1(C)C[C@H]1C(=O)N1CC[C@@]2(C(=O)O)CCC[C@@H]12. The van der Waals surface area contributed by atoms with Crippen molar-refractivity contribution in [1.29, 1.82) is 0 Å². The van der Waals surface area contributed by atoms with E-state index in [1.807, 2.05) is 4.90 Å². The number of likely N-dealkylation sites (tertiary alicyclic amines) is 1. The Kier molecular flexibility index (Phi) is 2.32. The predicted octanol–water partition coefficient (Wildman–Crippen LogP) is 1.89. The van der Waals surface area contributed by atoms with Crippen molar-refractivity contribution in [2.45, 2.75) is 52.0 Å². The van der Waals surface area contributed by atoms with E-state index in [4.69, 9.17) is 0 Å². The summed E-state index contributed by atoms with van der Waals surface area (Å²) in [6.07, 6.45) is 4.14. The first kappa shape index (κ1) is 12.0. The molecule has 1 aliphatic heterocycles. The summed E-state index contributed by atoms with van der Waals surface area (Å²) in [5, 5.41) is 9.49. The molecule has 0 bridgehead atoms. The summed E-state index contributed by atoms with van der Waals surface area (Å²) in [5.74, 6) is -0.368. The van der Waals surface area contributed by atoms with Crippen molar-refractivity contribution in [1.82, 2.24) is 4.90 Å². The van der Waals surface area contributed by atoms with Gasteiger partial charge in [-0.15, -0.1) is 0 Å². The Bertz CT molecular complexity index is 417. The van der Waals surface area contributed by atoms with Crippen LogP contribution in [0.25, 0.3) is 0 Å². The molecule has 0 aromatic heterocycles. The highest BCUT2D eigenvalue weighted by molar-refractivity contribution is 5.85. The van der Waals surface area contributed by atoms with Gasteiger partial charge in [0.05, 0.1) is 5.41 Å². The number of carbonyl (C=O) groups excluding carboxylic acids is 1.